The molecule has 0 aromatic heterocycles. The first kappa shape index (κ1) is 15.0. The Balaban J connectivity index is 2.52. The van der Waals surface area contributed by atoms with Crippen molar-refractivity contribution in [2.45, 2.75) is 33.3 Å². The molecule has 19 heavy (non-hydrogen) atoms. The Bertz CT molecular complexity index is 521. The molecule has 1 amide bonds. The van der Waals surface area contributed by atoms with Gasteiger partial charge in [-0.25, -0.2) is 9.18 Å². The maximum Gasteiger partial charge on any atom is 0.408 e. The van der Waals surface area contributed by atoms with Gasteiger partial charge >= 0.3 is 6.09 Å². The lowest BCUT2D eigenvalue weighted by Gasteiger charge is -2.18. The number of hydrogen-bond donors (Lipinski definition) is 1. The molecule has 4 heteroatoms. The van der Waals surface area contributed by atoms with Gasteiger partial charge in [0.25, 0.3) is 0 Å². The number of halogens is 1. The van der Waals surface area contributed by atoms with E-state index >= 15 is 0 Å². The molecule has 1 N–H and O–H groups in total. The van der Waals surface area contributed by atoms with Gasteiger partial charge in [0, 0.05) is 0 Å². The van der Waals surface area contributed by atoms with Gasteiger partial charge < -0.3 is 10.1 Å². The zero-order chi connectivity index (χ0) is 14.5. The minimum Gasteiger partial charge on any atom is -0.444 e. The molecule has 0 saturated heterocycles. The average molecular weight is 263 g/mol. The van der Waals surface area contributed by atoms with Gasteiger partial charge in [-0.2, -0.15) is 0 Å². The molecule has 3 nitrogen and oxygen atoms in total. The fraction of sp³-hybridized carbons (Fsp3) is 0.400. The molecule has 1 aromatic carbocycles. The quantitative estimate of drug-likeness (QED) is 0.791. The van der Waals surface area contributed by atoms with Crippen LogP contribution in [0.4, 0.5) is 9.18 Å². The second kappa shape index (κ2) is 6.24. The van der Waals surface area contributed by atoms with E-state index in [-0.39, 0.29) is 12.4 Å². The van der Waals surface area contributed by atoms with E-state index in [1.807, 2.05) is 6.92 Å². The Morgan fingerprint density at radius 3 is 2.74 bits per heavy atom. The van der Waals surface area contributed by atoms with E-state index in [2.05, 4.69) is 17.2 Å². The fourth-order valence-corrected chi connectivity index (χ4v) is 1.30. The molecule has 0 spiro atoms. The summed E-state index contributed by atoms with van der Waals surface area (Å²) in [6.07, 6.45) is -0.536. The van der Waals surface area contributed by atoms with Crippen molar-refractivity contribution < 1.29 is 13.9 Å². The van der Waals surface area contributed by atoms with Crippen LogP contribution in [0.25, 0.3) is 0 Å². The fourth-order valence-electron chi connectivity index (χ4n) is 1.30. The van der Waals surface area contributed by atoms with Crippen molar-refractivity contribution in [1.29, 1.82) is 0 Å². The van der Waals surface area contributed by atoms with Crippen LogP contribution in [-0.4, -0.2) is 18.2 Å². The molecule has 0 aliphatic heterocycles. The molecule has 0 heterocycles. The summed E-state index contributed by atoms with van der Waals surface area (Å²) >= 11 is 0. The summed E-state index contributed by atoms with van der Waals surface area (Å²) in [5.74, 6) is 5.00. The zero-order valence-corrected chi connectivity index (χ0v) is 11.6. The topological polar surface area (TPSA) is 38.3 Å². The van der Waals surface area contributed by atoms with Gasteiger partial charge in [0.1, 0.15) is 11.4 Å². The molecule has 0 saturated carbocycles. The molecule has 0 fully saturated rings. The number of ether oxygens (including phenoxy) is 1. The van der Waals surface area contributed by atoms with Crippen molar-refractivity contribution >= 4 is 6.09 Å². The first-order valence-electron chi connectivity index (χ1n) is 6.00. The normalized spacial score (nSPS) is 10.4. The Labute approximate surface area is 113 Å². The van der Waals surface area contributed by atoms with E-state index < -0.39 is 11.7 Å². The van der Waals surface area contributed by atoms with Crippen LogP contribution in [0.3, 0.4) is 0 Å². The number of amides is 1. The lowest BCUT2D eigenvalue weighted by atomic mass is 10.1. The third-order valence-electron chi connectivity index (χ3n) is 2.06. The summed E-state index contributed by atoms with van der Waals surface area (Å²) in [7, 11) is 0. The highest BCUT2D eigenvalue weighted by Gasteiger charge is 2.14. The monoisotopic (exact) mass is 263 g/mol. The van der Waals surface area contributed by atoms with Gasteiger partial charge in [-0.15, -0.1) is 0 Å². The van der Waals surface area contributed by atoms with Crippen molar-refractivity contribution in [2.24, 2.45) is 0 Å². The second-order valence-corrected chi connectivity index (χ2v) is 5.14. The van der Waals surface area contributed by atoms with Crippen molar-refractivity contribution in [3.8, 4) is 11.8 Å². The molecule has 0 radical (unpaired) electrons. The molecule has 1 aromatic rings. The summed E-state index contributed by atoms with van der Waals surface area (Å²) in [4.78, 5) is 11.3. The summed E-state index contributed by atoms with van der Waals surface area (Å²) < 4.78 is 18.4. The van der Waals surface area contributed by atoms with Crippen LogP contribution in [0.1, 0.15) is 31.9 Å². The lowest BCUT2D eigenvalue weighted by molar-refractivity contribution is 0.0535. The number of carbonyl (C=O) groups excluding carboxylic acids is 1. The van der Waals surface area contributed by atoms with Crippen molar-refractivity contribution in [3.63, 3.8) is 0 Å². The molecule has 0 atom stereocenters. The van der Waals surface area contributed by atoms with Crippen LogP contribution in [0.2, 0.25) is 0 Å². The maximum atomic E-state index is 13.4. The first-order valence-corrected chi connectivity index (χ1v) is 6.00. The maximum absolute atomic E-state index is 13.4. The third-order valence-corrected chi connectivity index (χ3v) is 2.06. The highest BCUT2D eigenvalue weighted by Crippen LogP contribution is 2.08. The summed E-state index contributed by atoms with van der Waals surface area (Å²) in [5.41, 5.74) is 0.719. The molecule has 102 valence electrons. The van der Waals surface area contributed by atoms with E-state index in [1.165, 1.54) is 6.07 Å². The summed E-state index contributed by atoms with van der Waals surface area (Å²) in [6.45, 7) is 7.31. The number of benzene rings is 1. The molecule has 0 bridgehead atoms. The second-order valence-electron chi connectivity index (χ2n) is 5.14. The number of aryl methyl sites for hydroxylation is 1. The van der Waals surface area contributed by atoms with E-state index in [1.54, 1.807) is 32.9 Å². The van der Waals surface area contributed by atoms with Crippen LogP contribution in [-0.2, 0) is 4.74 Å². The zero-order valence-electron chi connectivity index (χ0n) is 11.6. The van der Waals surface area contributed by atoms with Gasteiger partial charge in [0.05, 0.1) is 12.1 Å². The number of rotatable bonds is 1. The minimum atomic E-state index is -0.542. The van der Waals surface area contributed by atoms with Crippen LogP contribution >= 0.6 is 0 Å². The average Bonchev–Trinajstić information content (AvgIpc) is 2.26. The third kappa shape index (κ3) is 5.91. The van der Waals surface area contributed by atoms with Crippen LogP contribution < -0.4 is 5.32 Å². The largest absolute Gasteiger partial charge is 0.444 e. The summed E-state index contributed by atoms with van der Waals surface area (Å²) in [6, 6.07) is 4.72. The summed E-state index contributed by atoms with van der Waals surface area (Å²) in [5, 5.41) is 2.49. The van der Waals surface area contributed by atoms with Crippen LogP contribution in [0, 0.1) is 24.6 Å². The number of carbonyl (C=O) groups is 1. The Morgan fingerprint density at radius 1 is 1.42 bits per heavy atom. The Morgan fingerprint density at radius 2 is 2.11 bits per heavy atom. The number of hydrogen-bond acceptors (Lipinski definition) is 2. The van der Waals surface area contributed by atoms with Crippen LogP contribution in [0.5, 0.6) is 0 Å². The lowest BCUT2D eigenvalue weighted by Crippen LogP contribution is -2.32. The van der Waals surface area contributed by atoms with Gasteiger partial charge in [-0.05, 0) is 45.4 Å². The van der Waals surface area contributed by atoms with Crippen molar-refractivity contribution in [2.75, 3.05) is 6.54 Å². The van der Waals surface area contributed by atoms with Crippen molar-refractivity contribution in [3.05, 3.63) is 35.1 Å². The minimum absolute atomic E-state index is 0.113. The first-order chi connectivity index (χ1) is 8.78. The van der Waals surface area contributed by atoms with Crippen LogP contribution in [0.15, 0.2) is 18.2 Å². The van der Waals surface area contributed by atoms with Gasteiger partial charge in [-0.3, -0.25) is 0 Å². The standard InChI is InChI=1S/C15H18FNO2/c1-11-7-8-13(16)12(10-11)6-5-9-17-14(18)19-15(2,3)4/h7-8,10H,9H2,1-4H3,(H,17,18). The van der Waals surface area contributed by atoms with Gasteiger partial charge in [-0.1, -0.05) is 17.9 Å². The Kier molecular flexibility index (Phi) is 4.94. The molecule has 0 aliphatic rings. The predicted molar refractivity (Wildman–Crippen MR) is 72.3 cm³/mol. The number of alkyl carbamates (subject to hydrolysis) is 1. The molecule has 0 aliphatic carbocycles. The molecular formula is C15H18FNO2. The smallest absolute Gasteiger partial charge is 0.408 e. The molecule has 0 unspecified atom stereocenters. The molecular weight excluding hydrogens is 245 g/mol. The van der Waals surface area contributed by atoms with E-state index in [4.69, 9.17) is 4.74 Å². The Hall–Kier alpha value is -2.02. The van der Waals surface area contributed by atoms with E-state index in [9.17, 15) is 9.18 Å². The van der Waals surface area contributed by atoms with E-state index in [0.29, 0.717) is 5.56 Å². The number of nitrogens with one attached hydrogen (secondary N) is 1. The van der Waals surface area contributed by atoms with Gasteiger partial charge in [0.15, 0.2) is 0 Å². The van der Waals surface area contributed by atoms with E-state index in [0.717, 1.165) is 5.56 Å². The van der Waals surface area contributed by atoms with Crippen molar-refractivity contribution in [1.82, 2.24) is 5.32 Å². The highest BCUT2D eigenvalue weighted by atomic mass is 19.1. The molecule has 1 rings (SSSR count). The van der Waals surface area contributed by atoms with Gasteiger partial charge in [0.2, 0.25) is 0 Å². The predicted octanol–water partition coefficient (Wildman–Crippen LogP) is 3.01. The highest BCUT2D eigenvalue weighted by molar-refractivity contribution is 5.68. The SMILES string of the molecule is Cc1ccc(F)c(C#CCNC(=O)OC(C)(C)C)c1.